The van der Waals surface area contributed by atoms with Gasteiger partial charge in [0.15, 0.2) is 0 Å². The largest absolute Gasteiger partial charge is 0.460 e. The predicted octanol–water partition coefficient (Wildman–Crippen LogP) is 3.23. The van der Waals surface area contributed by atoms with Gasteiger partial charge in [-0.15, -0.1) is 0 Å². The molecule has 0 spiro atoms. The van der Waals surface area contributed by atoms with Gasteiger partial charge in [-0.2, -0.15) is 0 Å². The van der Waals surface area contributed by atoms with Gasteiger partial charge in [0.2, 0.25) is 11.8 Å². The number of likely N-dealkylation sites (N-methyl/N-ethyl adjacent to an activating group) is 2. The first-order valence-electron chi connectivity index (χ1n) is 12.6. The molecular weight excluding hydrogens is 434 g/mol. The fourth-order valence-corrected chi connectivity index (χ4v) is 4.69. The molecule has 0 aliphatic carbocycles. The Bertz CT molecular complexity index is 705. The molecule has 198 valence electrons. The lowest BCUT2D eigenvalue weighted by atomic mass is 9.89. The summed E-state index contributed by atoms with van der Waals surface area (Å²) in [4.78, 5) is 43.3. The highest BCUT2D eigenvalue weighted by Gasteiger charge is 2.44. The molecule has 0 bridgehead atoms. The zero-order valence-electron chi connectivity index (χ0n) is 23.4. The third kappa shape index (κ3) is 7.67. The molecule has 1 heterocycles. The number of nitrogens with one attached hydrogen (secondary N) is 1. The van der Waals surface area contributed by atoms with E-state index in [0.29, 0.717) is 0 Å². The van der Waals surface area contributed by atoms with Crippen LogP contribution in [0.3, 0.4) is 0 Å². The van der Waals surface area contributed by atoms with Crippen LogP contribution in [0.15, 0.2) is 0 Å². The molecule has 1 rings (SSSR count). The Morgan fingerprint density at radius 2 is 1.76 bits per heavy atom. The van der Waals surface area contributed by atoms with Gasteiger partial charge in [0.05, 0.1) is 24.1 Å². The average Bonchev–Trinajstić information content (AvgIpc) is 3.08. The Morgan fingerprint density at radius 1 is 1.18 bits per heavy atom. The zero-order chi connectivity index (χ0) is 26.4. The molecule has 1 aliphatic rings. The lowest BCUT2D eigenvalue weighted by Gasteiger charge is -2.40. The van der Waals surface area contributed by atoms with Crippen LogP contribution in [0.5, 0.6) is 0 Å². The van der Waals surface area contributed by atoms with E-state index in [1.54, 1.807) is 19.1 Å². The van der Waals surface area contributed by atoms with Gasteiger partial charge in [0.25, 0.3) is 0 Å². The van der Waals surface area contributed by atoms with E-state index in [9.17, 15) is 14.4 Å². The summed E-state index contributed by atoms with van der Waals surface area (Å²) in [6.07, 6.45) is 2.04. The number of methoxy groups -OCH3 is 1. The van der Waals surface area contributed by atoms with Crippen LogP contribution >= 0.6 is 0 Å². The van der Waals surface area contributed by atoms with Crippen LogP contribution in [-0.4, -0.2) is 84.7 Å². The minimum absolute atomic E-state index is 0.0436. The fraction of sp³-hybridized carbons (Fsp3) is 0.885. The lowest BCUT2D eigenvalue weighted by molar-refractivity contribution is -0.161. The van der Waals surface area contributed by atoms with Crippen LogP contribution in [0.25, 0.3) is 0 Å². The van der Waals surface area contributed by atoms with E-state index in [4.69, 9.17) is 9.47 Å². The van der Waals surface area contributed by atoms with E-state index in [2.05, 4.69) is 17.1 Å². The molecule has 5 atom stereocenters. The van der Waals surface area contributed by atoms with Crippen LogP contribution in [-0.2, 0) is 23.9 Å². The molecule has 0 aromatic rings. The summed E-state index contributed by atoms with van der Waals surface area (Å²) in [5.41, 5.74) is -1.21. The molecule has 0 saturated carbocycles. The van der Waals surface area contributed by atoms with Crippen molar-refractivity contribution in [1.82, 2.24) is 15.1 Å². The molecule has 0 radical (unpaired) electrons. The smallest absolute Gasteiger partial charge is 0.309 e. The Kier molecular flexibility index (Phi) is 11.0. The van der Waals surface area contributed by atoms with E-state index in [-0.39, 0.29) is 42.1 Å². The van der Waals surface area contributed by atoms with Crippen molar-refractivity contribution in [1.29, 1.82) is 0 Å². The number of carbonyl (C=O) groups excluding carboxylic acids is 3. The SMILES string of the molecule is CC[C@H](C)[C@@H]([C@@H](CC(=O)OC(C)(C)C)OC)N(C)C(=O)[C@@H](NC(=O)[C@@]1(C)CCCN1C)C(C)C. The predicted molar refractivity (Wildman–Crippen MR) is 134 cm³/mol. The molecule has 1 saturated heterocycles. The van der Waals surface area contributed by atoms with E-state index in [1.807, 2.05) is 55.5 Å². The van der Waals surface area contributed by atoms with Gasteiger partial charge < -0.3 is 19.7 Å². The Hall–Kier alpha value is -1.67. The topological polar surface area (TPSA) is 88.2 Å². The fourth-order valence-electron chi connectivity index (χ4n) is 4.69. The molecule has 2 amide bonds. The van der Waals surface area contributed by atoms with Crippen molar-refractivity contribution in [2.75, 3.05) is 27.7 Å². The summed E-state index contributed by atoms with van der Waals surface area (Å²) in [7, 11) is 5.25. The summed E-state index contributed by atoms with van der Waals surface area (Å²) in [5.74, 6) is -0.685. The molecule has 8 nitrogen and oxygen atoms in total. The van der Waals surface area contributed by atoms with Gasteiger partial charge in [-0.25, -0.2) is 0 Å². The van der Waals surface area contributed by atoms with E-state index in [0.717, 1.165) is 25.8 Å². The number of esters is 1. The highest BCUT2D eigenvalue weighted by Crippen LogP contribution is 2.28. The normalized spacial score (nSPS) is 22.7. The van der Waals surface area contributed by atoms with Crippen molar-refractivity contribution in [2.24, 2.45) is 11.8 Å². The Balaban J connectivity index is 3.14. The standard InChI is InChI=1S/C26H49N3O5/c1-12-18(4)22(19(33-11)16-20(30)34-25(5,6)7)29(10)23(31)21(17(2)3)27-24(32)26(8)14-13-15-28(26)9/h17-19,21-22H,12-16H2,1-11H3,(H,27,32)/t18-,19+,21-,22-,26+/m0/s1. The second kappa shape index (κ2) is 12.3. The number of rotatable bonds is 11. The minimum Gasteiger partial charge on any atom is -0.460 e. The van der Waals surface area contributed by atoms with Crippen molar-refractivity contribution in [2.45, 2.75) is 110 Å². The molecular formula is C26H49N3O5. The van der Waals surface area contributed by atoms with Crippen LogP contribution in [0.4, 0.5) is 0 Å². The van der Waals surface area contributed by atoms with Gasteiger partial charge in [-0.05, 0) is 66.0 Å². The van der Waals surface area contributed by atoms with Gasteiger partial charge in [-0.1, -0.05) is 34.1 Å². The summed E-state index contributed by atoms with van der Waals surface area (Å²) in [6.45, 7) is 16.2. The monoisotopic (exact) mass is 483 g/mol. The summed E-state index contributed by atoms with van der Waals surface area (Å²) < 4.78 is 11.2. The first-order valence-corrected chi connectivity index (χ1v) is 12.6. The minimum atomic E-state index is -0.672. The number of likely N-dealkylation sites (tertiary alicyclic amines) is 1. The highest BCUT2D eigenvalue weighted by atomic mass is 16.6. The molecule has 34 heavy (non-hydrogen) atoms. The second-order valence-electron chi connectivity index (χ2n) is 11.4. The maximum Gasteiger partial charge on any atom is 0.309 e. The van der Waals surface area contributed by atoms with Crippen molar-refractivity contribution in [3.63, 3.8) is 0 Å². The van der Waals surface area contributed by atoms with Gasteiger partial charge in [0.1, 0.15) is 11.6 Å². The second-order valence-corrected chi connectivity index (χ2v) is 11.4. The van der Waals surface area contributed by atoms with E-state index >= 15 is 0 Å². The molecule has 8 heteroatoms. The van der Waals surface area contributed by atoms with Crippen LogP contribution in [0.1, 0.15) is 81.1 Å². The van der Waals surface area contributed by atoms with Crippen LogP contribution in [0.2, 0.25) is 0 Å². The van der Waals surface area contributed by atoms with Crippen LogP contribution in [0, 0.1) is 11.8 Å². The summed E-state index contributed by atoms with van der Waals surface area (Å²) >= 11 is 0. The number of hydrogen-bond acceptors (Lipinski definition) is 6. The average molecular weight is 484 g/mol. The zero-order valence-corrected chi connectivity index (χ0v) is 23.4. The van der Waals surface area contributed by atoms with Crippen molar-refractivity contribution in [3.05, 3.63) is 0 Å². The molecule has 1 aliphatic heterocycles. The maximum atomic E-state index is 13.7. The Morgan fingerprint density at radius 3 is 2.18 bits per heavy atom. The van der Waals surface area contributed by atoms with Crippen molar-refractivity contribution < 1.29 is 23.9 Å². The maximum absolute atomic E-state index is 13.7. The molecule has 0 unspecified atom stereocenters. The molecule has 0 aromatic heterocycles. The Labute approximate surface area is 207 Å². The highest BCUT2D eigenvalue weighted by molar-refractivity contribution is 5.92. The number of hydrogen-bond donors (Lipinski definition) is 1. The lowest BCUT2D eigenvalue weighted by Crippen LogP contribution is -2.61. The molecule has 1 N–H and O–H groups in total. The quantitative estimate of drug-likeness (QED) is 0.454. The number of amides is 2. The van der Waals surface area contributed by atoms with Gasteiger partial charge in [0, 0.05) is 14.2 Å². The van der Waals surface area contributed by atoms with Crippen molar-refractivity contribution in [3.8, 4) is 0 Å². The third-order valence-electron chi connectivity index (χ3n) is 7.20. The molecule has 1 fully saturated rings. The number of carbonyl (C=O) groups is 3. The summed E-state index contributed by atoms with van der Waals surface area (Å²) in [5, 5.41) is 3.05. The van der Waals surface area contributed by atoms with Crippen molar-refractivity contribution >= 4 is 17.8 Å². The van der Waals surface area contributed by atoms with E-state index in [1.165, 1.54) is 0 Å². The number of ether oxygens (including phenoxy) is 2. The first kappa shape index (κ1) is 30.4. The first-order chi connectivity index (χ1) is 15.6. The van der Waals surface area contributed by atoms with Gasteiger partial charge >= 0.3 is 5.97 Å². The van der Waals surface area contributed by atoms with Gasteiger partial charge in [-0.3, -0.25) is 19.3 Å². The van der Waals surface area contributed by atoms with E-state index < -0.39 is 23.3 Å². The number of nitrogens with zero attached hydrogens (tertiary/aromatic N) is 2. The summed E-state index contributed by atoms with van der Waals surface area (Å²) in [6, 6.07) is -1.02. The van der Waals surface area contributed by atoms with Crippen LogP contribution < -0.4 is 5.32 Å². The third-order valence-corrected chi connectivity index (χ3v) is 7.20. The molecule has 0 aromatic carbocycles.